The van der Waals surface area contributed by atoms with E-state index in [0.29, 0.717) is 17.9 Å². The van der Waals surface area contributed by atoms with E-state index >= 15 is 0 Å². The Balaban J connectivity index is 1.79. The van der Waals surface area contributed by atoms with Gasteiger partial charge < -0.3 is 14.4 Å². The number of hydrogen-bond acceptors (Lipinski definition) is 3. The fourth-order valence-electron chi connectivity index (χ4n) is 3.34. The van der Waals surface area contributed by atoms with Gasteiger partial charge in [0, 0.05) is 6.54 Å². The van der Waals surface area contributed by atoms with Gasteiger partial charge in [0.1, 0.15) is 0 Å². The summed E-state index contributed by atoms with van der Waals surface area (Å²) < 4.78 is 10.7. The maximum atomic E-state index is 12.7. The van der Waals surface area contributed by atoms with Gasteiger partial charge in [0.05, 0.1) is 26.7 Å². The second kappa shape index (κ2) is 7.39. The fraction of sp³-hybridized carbons (Fsp3) is 0.350. The van der Waals surface area contributed by atoms with Crippen LogP contribution in [-0.4, -0.2) is 31.6 Å². The largest absolute Gasteiger partial charge is 0.493 e. The van der Waals surface area contributed by atoms with Gasteiger partial charge in [0.2, 0.25) is 5.91 Å². The summed E-state index contributed by atoms with van der Waals surface area (Å²) in [5.41, 5.74) is 2.16. The molecule has 3 rings (SSSR count). The van der Waals surface area contributed by atoms with E-state index in [1.807, 2.05) is 53.4 Å². The molecule has 1 atom stereocenters. The highest BCUT2D eigenvalue weighted by atomic mass is 16.5. The van der Waals surface area contributed by atoms with E-state index in [9.17, 15) is 4.79 Å². The third-order valence-corrected chi connectivity index (χ3v) is 4.56. The maximum absolute atomic E-state index is 12.7. The summed E-state index contributed by atoms with van der Waals surface area (Å²) in [6.07, 6.45) is 2.46. The van der Waals surface area contributed by atoms with Gasteiger partial charge in [-0.1, -0.05) is 36.4 Å². The molecule has 4 heteroatoms. The summed E-state index contributed by atoms with van der Waals surface area (Å²) in [5, 5.41) is 0. The van der Waals surface area contributed by atoms with E-state index < -0.39 is 0 Å². The first-order valence-corrected chi connectivity index (χ1v) is 8.28. The lowest BCUT2D eigenvalue weighted by atomic mass is 10.0. The normalized spacial score (nSPS) is 16.9. The van der Waals surface area contributed by atoms with Crippen molar-refractivity contribution in [2.75, 3.05) is 20.8 Å². The van der Waals surface area contributed by atoms with Crippen LogP contribution in [0.5, 0.6) is 11.5 Å². The van der Waals surface area contributed by atoms with Gasteiger partial charge >= 0.3 is 0 Å². The molecule has 126 valence electrons. The molecule has 1 amide bonds. The predicted molar refractivity (Wildman–Crippen MR) is 93.4 cm³/mol. The Morgan fingerprint density at radius 3 is 2.54 bits per heavy atom. The average molecular weight is 325 g/mol. The van der Waals surface area contributed by atoms with Crippen LogP contribution >= 0.6 is 0 Å². The molecule has 4 nitrogen and oxygen atoms in total. The maximum Gasteiger partial charge on any atom is 0.227 e. The summed E-state index contributed by atoms with van der Waals surface area (Å²) in [5.74, 6) is 1.59. The zero-order chi connectivity index (χ0) is 16.9. The monoisotopic (exact) mass is 325 g/mol. The Kier molecular flexibility index (Phi) is 5.04. The average Bonchev–Trinajstić information content (AvgIpc) is 3.12. The number of carbonyl (C=O) groups is 1. The predicted octanol–water partition coefficient (Wildman–Crippen LogP) is 3.61. The quantitative estimate of drug-likeness (QED) is 0.843. The first-order chi connectivity index (χ1) is 11.7. The van der Waals surface area contributed by atoms with Crippen molar-refractivity contribution in [1.82, 2.24) is 4.90 Å². The van der Waals surface area contributed by atoms with E-state index in [0.717, 1.165) is 30.5 Å². The van der Waals surface area contributed by atoms with Crippen LogP contribution in [0.1, 0.15) is 30.0 Å². The summed E-state index contributed by atoms with van der Waals surface area (Å²) in [7, 11) is 3.26. The molecule has 1 saturated heterocycles. The number of likely N-dealkylation sites (tertiary alicyclic amines) is 1. The molecule has 1 fully saturated rings. The van der Waals surface area contributed by atoms with Crippen molar-refractivity contribution in [3.63, 3.8) is 0 Å². The van der Waals surface area contributed by atoms with E-state index in [1.54, 1.807) is 14.2 Å². The third kappa shape index (κ3) is 3.37. The molecule has 0 unspecified atom stereocenters. The molecule has 1 heterocycles. The lowest BCUT2D eigenvalue weighted by Crippen LogP contribution is -2.31. The number of ether oxygens (including phenoxy) is 2. The zero-order valence-corrected chi connectivity index (χ0v) is 14.2. The number of hydrogen-bond donors (Lipinski definition) is 0. The molecular formula is C20H23NO3. The topological polar surface area (TPSA) is 38.8 Å². The molecule has 24 heavy (non-hydrogen) atoms. The highest BCUT2D eigenvalue weighted by Crippen LogP contribution is 2.37. The van der Waals surface area contributed by atoms with Crippen LogP contribution in [0.25, 0.3) is 0 Å². The lowest BCUT2D eigenvalue weighted by Gasteiger charge is -2.26. The Hall–Kier alpha value is -2.49. The first-order valence-electron chi connectivity index (χ1n) is 8.28. The molecule has 0 N–H and O–H groups in total. The van der Waals surface area contributed by atoms with Gasteiger partial charge in [-0.25, -0.2) is 0 Å². The number of benzene rings is 2. The molecule has 2 aromatic carbocycles. The molecule has 1 aliphatic heterocycles. The van der Waals surface area contributed by atoms with Crippen molar-refractivity contribution in [1.29, 1.82) is 0 Å². The van der Waals surface area contributed by atoms with Gasteiger partial charge in [-0.2, -0.15) is 0 Å². The minimum absolute atomic E-state index is 0.112. The Morgan fingerprint density at radius 2 is 1.83 bits per heavy atom. The molecule has 0 saturated carbocycles. The molecule has 2 aromatic rings. The number of carbonyl (C=O) groups excluding carboxylic acids is 1. The molecule has 1 aliphatic rings. The van der Waals surface area contributed by atoms with Crippen LogP contribution in [0.3, 0.4) is 0 Å². The van der Waals surface area contributed by atoms with Crippen LogP contribution in [-0.2, 0) is 11.2 Å². The number of amides is 1. The molecule has 0 aromatic heterocycles. The van der Waals surface area contributed by atoms with Gasteiger partial charge in [-0.3, -0.25) is 4.79 Å². The number of methoxy groups -OCH3 is 2. The molecule has 0 spiro atoms. The molecule has 0 bridgehead atoms. The molecule has 0 aliphatic carbocycles. The highest BCUT2D eigenvalue weighted by molar-refractivity contribution is 5.79. The molecular weight excluding hydrogens is 302 g/mol. The third-order valence-electron chi connectivity index (χ3n) is 4.56. The van der Waals surface area contributed by atoms with Crippen LogP contribution in [0.2, 0.25) is 0 Å². The zero-order valence-electron chi connectivity index (χ0n) is 14.2. The summed E-state index contributed by atoms with van der Waals surface area (Å²) in [6, 6.07) is 15.9. The van der Waals surface area contributed by atoms with Crippen molar-refractivity contribution in [2.24, 2.45) is 0 Å². The van der Waals surface area contributed by atoms with Crippen molar-refractivity contribution >= 4 is 5.91 Å². The van der Waals surface area contributed by atoms with Crippen LogP contribution in [0, 0.1) is 0 Å². The highest BCUT2D eigenvalue weighted by Gasteiger charge is 2.30. The summed E-state index contributed by atoms with van der Waals surface area (Å²) in [4.78, 5) is 14.7. The van der Waals surface area contributed by atoms with E-state index in [1.165, 1.54) is 0 Å². The SMILES string of the molecule is COc1ccc([C@@H]2CCCN2C(=O)Cc2ccccc2)cc1OC. The minimum Gasteiger partial charge on any atom is -0.493 e. The first kappa shape index (κ1) is 16.4. The Bertz CT molecular complexity index is 699. The number of nitrogens with zero attached hydrogens (tertiary/aromatic N) is 1. The second-order valence-corrected chi connectivity index (χ2v) is 6.02. The van der Waals surface area contributed by atoms with Gasteiger partial charge in [-0.05, 0) is 36.1 Å². The lowest BCUT2D eigenvalue weighted by molar-refractivity contribution is -0.131. The molecule has 0 radical (unpaired) electrons. The van der Waals surface area contributed by atoms with Crippen molar-refractivity contribution in [3.8, 4) is 11.5 Å². The van der Waals surface area contributed by atoms with Crippen molar-refractivity contribution < 1.29 is 14.3 Å². The van der Waals surface area contributed by atoms with E-state index in [-0.39, 0.29) is 11.9 Å². The minimum atomic E-state index is 0.112. The van der Waals surface area contributed by atoms with Crippen LogP contribution < -0.4 is 9.47 Å². The fourth-order valence-corrected chi connectivity index (χ4v) is 3.34. The van der Waals surface area contributed by atoms with E-state index in [2.05, 4.69) is 0 Å². The number of rotatable bonds is 5. The van der Waals surface area contributed by atoms with Crippen molar-refractivity contribution in [2.45, 2.75) is 25.3 Å². The Morgan fingerprint density at radius 1 is 1.08 bits per heavy atom. The Labute approximate surface area is 143 Å². The smallest absolute Gasteiger partial charge is 0.227 e. The second-order valence-electron chi connectivity index (χ2n) is 6.02. The summed E-state index contributed by atoms with van der Waals surface area (Å²) >= 11 is 0. The van der Waals surface area contributed by atoms with Crippen molar-refractivity contribution in [3.05, 3.63) is 59.7 Å². The standard InChI is InChI=1S/C20H23NO3/c1-23-18-11-10-16(14-19(18)24-2)17-9-6-12-21(17)20(22)13-15-7-4-3-5-8-15/h3-5,7-8,10-11,14,17H,6,9,12-13H2,1-2H3/t17-/m0/s1. The van der Waals surface area contributed by atoms with E-state index in [4.69, 9.17) is 9.47 Å². The van der Waals surface area contributed by atoms with Gasteiger partial charge in [0.25, 0.3) is 0 Å². The van der Waals surface area contributed by atoms with Crippen LogP contribution in [0.4, 0.5) is 0 Å². The van der Waals surface area contributed by atoms with Gasteiger partial charge in [-0.15, -0.1) is 0 Å². The van der Waals surface area contributed by atoms with Gasteiger partial charge in [0.15, 0.2) is 11.5 Å². The van der Waals surface area contributed by atoms with Crippen LogP contribution in [0.15, 0.2) is 48.5 Å². The summed E-state index contributed by atoms with van der Waals surface area (Å²) in [6.45, 7) is 0.810.